The number of carbonyl (C=O) groups excluding carboxylic acids is 1. The van der Waals surface area contributed by atoms with Crippen LogP contribution in [-0.2, 0) is 29.1 Å². The van der Waals surface area contributed by atoms with E-state index in [1.54, 1.807) is 6.92 Å². The first-order valence-electron chi connectivity index (χ1n) is 9.88. The maximum Gasteiger partial charge on any atom is 0.261 e. The second kappa shape index (κ2) is 8.13. The Morgan fingerprint density at radius 3 is 2.89 bits per heavy atom. The zero-order valence-corrected chi connectivity index (χ0v) is 15.8. The van der Waals surface area contributed by atoms with Crippen LogP contribution in [0.3, 0.4) is 0 Å². The van der Waals surface area contributed by atoms with Crippen LogP contribution in [0, 0.1) is 0 Å². The van der Waals surface area contributed by atoms with Crippen molar-refractivity contribution in [1.29, 1.82) is 0 Å². The summed E-state index contributed by atoms with van der Waals surface area (Å²) in [5.41, 5.74) is 3.38. The number of hydrogen-bond donors (Lipinski definition) is 1. The molecule has 6 nitrogen and oxygen atoms in total. The lowest BCUT2D eigenvalue weighted by Gasteiger charge is -2.18. The van der Waals surface area contributed by atoms with Gasteiger partial charge in [-0.15, -0.1) is 0 Å². The summed E-state index contributed by atoms with van der Waals surface area (Å²) in [6.45, 7) is 3.51. The van der Waals surface area contributed by atoms with Crippen LogP contribution in [0.4, 0.5) is 0 Å². The van der Waals surface area contributed by atoms with E-state index in [1.165, 1.54) is 31.4 Å². The Kier molecular flexibility index (Phi) is 5.43. The molecule has 2 aromatic rings. The fourth-order valence-electron chi connectivity index (χ4n) is 3.99. The van der Waals surface area contributed by atoms with E-state index < -0.39 is 6.10 Å². The summed E-state index contributed by atoms with van der Waals surface area (Å²) in [5.74, 6) is 0.552. The number of rotatable bonds is 6. The molecule has 1 aromatic carbocycles. The number of ether oxygens (including phenoxy) is 2. The molecule has 2 heterocycles. The molecular weight excluding hydrogens is 342 g/mol. The maximum absolute atomic E-state index is 12.4. The summed E-state index contributed by atoms with van der Waals surface area (Å²) in [6, 6.07) is 9.90. The molecule has 6 heteroatoms. The molecule has 1 fully saturated rings. The highest BCUT2D eigenvalue weighted by Crippen LogP contribution is 2.33. The lowest BCUT2D eigenvalue weighted by Crippen LogP contribution is -2.36. The molecule has 1 atom stereocenters. The van der Waals surface area contributed by atoms with Gasteiger partial charge in [-0.3, -0.25) is 9.48 Å². The van der Waals surface area contributed by atoms with Crippen LogP contribution in [0.1, 0.15) is 55.6 Å². The van der Waals surface area contributed by atoms with Crippen molar-refractivity contribution in [2.75, 3.05) is 6.61 Å². The van der Waals surface area contributed by atoms with E-state index in [0.29, 0.717) is 24.9 Å². The molecule has 0 bridgehead atoms. The third kappa shape index (κ3) is 4.00. The molecular formula is C21H27N3O3. The van der Waals surface area contributed by atoms with Crippen molar-refractivity contribution in [1.82, 2.24) is 15.1 Å². The maximum atomic E-state index is 12.4. The van der Waals surface area contributed by atoms with Gasteiger partial charge >= 0.3 is 0 Å². The number of para-hydroxylation sites is 1. The lowest BCUT2D eigenvalue weighted by molar-refractivity contribution is -0.127. The fraction of sp³-hybridized carbons (Fsp3) is 0.524. The zero-order chi connectivity index (χ0) is 18.6. The first-order chi connectivity index (χ1) is 13.2. The van der Waals surface area contributed by atoms with Gasteiger partial charge in [0.1, 0.15) is 5.75 Å². The monoisotopic (exact) mass is 369 g/mol. The fourth-order valence-corrected chi connectivity index (χ4v) is 3.99. The number of nitrogens with one attached hydrogen (secondary N) is 1. The van der Waals surface area contributed by atoms with E-state index in [0.717, 1.165) is 24.3 Å². The molecule has 1 aliphatic heterocycles. The second-order valence-electron chi connectivity index (χ2n) is 7.35. The smallest absolute Gasteiger partial charge is 0.261 e. The van der Waals surface area contributed by atoms with Crippen LogP contribution in [-0.4, -0.2) is 28.4 Å². The Morgan fingerprint density at radius 1 is 1.33 bits per heavy atom. The minimum atomic E-state index is -0.559. The summed E-state index contributed by atoms with van der Waals surface area (Å²) < 4.78 is 13.6. The van der Waals surface area contributed by atoms with Crippen LogP contribution in [0.25, 0.3) is 0 Å². The lowest BCUT2D eigenvalue weighted by atomic mass is 10.1. The normalized spacial score (nSPS) is 18.1. The summed E-state index contributed by atoms with van der Waals surface area (Å²) in [7, 11) is 0. The Morgan fingerprint density at radius 2 is 2.11 bits per heavy atom. The Bertz CT molecular complexity index is 781. The Hall–Kier alpha value is -2.34. The molecule has 0 radical (unpaired) electrons. The number of fused-ring (bicyclic) bond motifs is 1. The van der Waals surface area contributed by atoms with Gasteiger partial charge in [-0.2, -0.15) is 5.10 Å². The molecule has 0 unspecified atom stereocenters. The second-order valence-corrected chi connectivity index (χ2v) is 7.35. The van der Waals surface area contributed by atoms with E-state index in [4.69, 9.17) is 14.6 Å². The van der Waals surface area contributed by atoms with Crippen LogP contribution in [0.15, 0.2) is 30.3 Å². The van der Waals surface area contributed by atoms with Crippen molar-refractivity contribution in [3.05, 3.63) is 47.3 Å². The van der Waals surface area contributed by atoms with Gasteiger partial charge in [-0.1, -0.05) is 31.0 Å². The number of nitrogens with zero attached hydrogens (tertiary/aromatic N) is 2. The minimum Gasteiger partial charge on any atom is -0.481 e. The van der Waals surface area contributed by atoms with Crippen molar-refractivity contribution >= 4 is 5.91 Å². The molecule has 0 spiro atoms. The number of aromatic nitrogens is 2. The van der Waals surface area contributed by atoms with Crippen LogP contribution in [0.5, 0.6) is 5.75 Å². The average molecular weight is 369 g/mol. The summed E-state index contributed by atoms with van der Waals surface area (Å²) in [5, 5.41) is 7.85. The van der Waals surface area contributed by atoms with Crippen molar-refractivity contribution in [2.24, 2.45) is 0 Å². The minimum absolute atomic E-state index is 0.139. The predicted octanol–water partition coefficient (Wildman–Crippen LogP) is 3.15. The van der Waals surface area contributed by atoms with Gasteiger partial charge in [0, 0.05) is 17.7 Å². The molecule has 1 aliphatic carbocycles. The van der Waals surface area contributed by atoms with Gasteiger partial charge < -0.3 is 14.8 Å². The molecule has 1 amide bonds. The number of amides is 1. The average Bonchev–Trinajstić information content (AvgIpc) is 3.35. The van der Waals surface area contributed by atoms with Gasteiger partial charge in [-0.05, 0) is 31.9 Å². The van der Waals surface area contributed by atoms with Gasteiger partial charge in [-0.25, -0.2) is 0 Å². The molecule has 0 saturated heterocycles. The molecule has 4 rings (SSSR count). The number of hydrogen-bond acceptors (Lipinski definition) is 4. The van der Waals surface area contributed by atoms with E-state index in [2.05, 4.69) is 10.00 Å². The van der Waals surface area contributed by atoms with Crippen LogP contribution in [0.2, 0.25) is 0 Å². The molecule has 2 aliphatic rings. The van der Waals surface area contributed by atoms with Gasteiger partial charge in [0.2, 0.25) is 0 Å². The first-order valence-corrected chi connectivity index (χ1v) is 9.88. The topological polar surface area (TPSA) is 65.4 Å². The highest BCUT2D eigenvalue weighted by molar-refractivity contribution is 5.80. The SMILES string of the molecule is C[C@@H](Oc1ccccc1)C(=O)NCc1nn(C2CCCC2)c2c1COCC2. The molecule has 1 N–H and O–H groups in total. The summed E-state index contributed by atoms with van der Waals surface area (Å²) in [6.07, 6.45) is 5.29. The third-order valence-corrected chi connectivity index (χ3v) is 5.46. The van der Waals surface area contributed by atoms with Crippen LogP contribution >= 0.6 is 0 Å². The highest BCUT2D eigenvalue weighted by Gasteiger charge is 2.27. The summed E-state index contributed by atoms with van der Waals surface area (Å²) >= 11 is 0. The first kappa shape index (κ1) is 18.0. The number of benzene rings is 1. The van der Waals surface area contributed by atoms with Crippen molar-refractivity contribution < 1.29 is 14.3 Å². The van der Waals surface area contributed by atoms with E-state index >= 15 is 0 Å². The Labute approximate surface area is 159 Å². The van der Waals surface area contributed by atoms with Crippen LogP contribution < -0.4 is 10.1 Å². The van der Waals surface area contributed by atoms with E-state index in [1.807, 2.05) is 30.3 Å². The predicted molar refractivity (Wildman–Crippen MR) is 101 cm³/mol. The Balaban J connectivity index is 1.42. The molecule has 1 aromatic heterocycles. The summed E-state index contributed by atoms with van der Waals surface area (Å²) in [4.78, 5) is 12.4. The molecule has 27 heavy (non-hydrogen) atoms. The third-order valence-electron chi connectivity index (χ3n) is 5.46. The molecule has 1 saturated carbocycles. The van der Waals surface area contributed by atoms with E-state index in [9.17, 15) is 4.79 Å². The van der Waals surface area contributed by atoms with E-state index in [-0.39, 0.29) is 5.91 Å². The highest BCUT2D eigenvalue weighted by atomic mass is 16.5. The quantitative estimate of drug-likeness (QED) is 0.849. The molecule has 144 valence electrons. The zero-order valence-electron chi connectivity index (χ0n) is 15.8. The van der Waals surface area contributed by atoms with Crippen molar-refractivity contribution in [3.63, 3.8) is 0 Å². The van der Waals surface area contributed by atoms with Gasteiger partial charge in [0.25, 0.3) is 5.91 Å². The van der Waals surface area contributed by atoms with Crippen molar-refractivity contribution in [2.45, 2.75) is 64.3 Å². The van der Waals surface area contributed by atoms with Gasteiger partial charge in [0.05, 0.1) is 31.5 Å². The van der Waals surface area contributed by atoms with Crippen molar-refractivity contribution in [3.8, 4) is 5.75 Å². The number of carbonyl (C=O) groups is 1. The standard InChI is InChI=1S/C21H27N3O3/c1-15(27-17-9-3-2-4-10-17)21(25)22-13-19-18-14-26-12-11-20(18)24(23-19)16-7-5-6-8-16/h2-4,9-10,15-16H,5-8,11-14H2,1H3,(H,22,25)/t15-/m1/s1. The largest absolute Gasteiger partial charge is 0.481 e. The van der Waals surface area contributed by atoms with Gasteiger partial charge in [0.15, 0.2) is 6.10 Å².